The second-order valence-electron chi connectivity index (χ2n) is 6.13. The summed E-state index contributed by atoms with van der Waals surface area (Å²) in [6.07, 6.45) is 4.41. The minimum absolute atomic E-state index is 0.153. The van der Waals surface area contributed by atoms with Crippen LogP contribution in [0.3, 0.4) is 0 Å². The average molecular weight is 276 g/mol. The van der Waals surface area contributed by atoms with Gasteiger partial charge < -0.3 is 9.47 Å². The van der Waals surface area contributed by atoms with E-state index in [-0.39, 0.29) is 5.41 Å². The maximum absolute atomic E-state index is 11.5. The Morgan fingerprint density at radius 2 is 1.90 bits per heavy atom. The average Bonchev–Trinajstić information content (AvgIpc) is 2.77. The molecule has 0 amide bonds. The molecule has 0 aromatic heterocycles. The Bertz CT molecular complexity index is 507. The Morgan fingerprint density at radius 1 is 1.20 bits per heavy atom. The summed E-state index contributed by atoms with van der Waals surface area (Å²) in [5.74, 6) is 2.05. The third-order valence-electron chi connectivity index (χ3n) is 4.43. The molecular formula is C17H24O3. The zero-order valence-electron chi connectivity index (χ0n) is 12.9. The molecule has 1 atom stereocenters. The number of aryl methyl sites for hydroxylation is 2. The summed E-state index contributed by atoms with van der Waals surface area (Å²) in [7, 11) is 3.35. The van der Waals surface area contributed by atoms with Crippen molar-refractivity contribution in [1.82, 2.24) is 0 Å². The fourth-order valence-electron chi connectivity index (χ4n) is 3.12. The molecule has 0 bridgehead atoms. The lowest BCUT2D eigenvalue weighted by atomic mass is 9.82. The number of Topliss-reactive ketones (excluding diaryl/α,β-unsaturated/α-hetero) is 1. The van der Waals surface area contributed by atoms with Gasteiger partial charge >= 0.3 is 0 Å². The van der Waals surface area contributed by atoms with Crippen LogP contribution in [0.5, 0.6) is 11.5 Å². The van der Waals surface area contributed by atoms with Crippen LogP contribution in [0.15, 0.2) is 12.1 Å². The first kappa shape index (κ1) is 14.9. The van der Waals surface area contributed by atoms with E-state index in [0.717, 1.165) is 54.7 Å². The van der Waals surface area contributed by atoms with Gasteiger partial charge in [-0.2, -0.15) is 0 Å². The van der Waals surface area contributed by atoms with Crippen molar-refractivity contribution in [2.45, 2.75) is 46.0 Å². The zero-order valence-corrected chi connectivity index (χ0v) is 12.9. The highest BCUT2D eigenvalue weighted by Gasteiger charge is 2.33. The Labute approximate surface area is 121 Å². The smallest absolute Gasteiger partial charge is 0.164 e. The van der Waals surface area contributed by atoms with Crippen LogP contribution >= 0.6 is 0 Å². The van der Waals surface area contributed by atoms with Gasteiger partial charge in [0.2, 0.25) is 0 Å². The van der Waals surface area contributed by atoms with E-state index in [0.29, 0.717) is 5.78 Å². The normalized spacial score (nSPS) is 22.1. The molecule has 1 aliphatic carbocycles. The number of hydrogen-bond donors (Lipinski definition) is 0. The number of benzene rings is 1. The van der Waals surface area contributed by atoms with Gasteiger partial charge in [0, 0.05) is 12.8 Å². The molecule has 1 aliphatic rings. The van der Waals surface area contributed by atoms with E-state index in [1.165, 1.54) is 0 Å². The van der Waals surface area contributed by atoms with Crippen LogP contribution in [0, 0.1) is 12.3 Å². The van der Waals surface area contributed by atoms with Gasteiger partial charge in [-0.3, -0.25) is 4.79 Å². The van der Waals surface area contributed by atoms with Gasteiger partial charge in [-0.25, -0.2) is 0 Å². The number of carbonyl (C=O) groups is 1. The largest absolute Gasteiger partial charge is 0.493 e. The van der Waals surface area contributed by atoms with Crippen molar-refractivity contribution < 1.29 is 14.3 Å². The summed E-state index contributed by atoms with van der Waals surface area (Å²) in [5, 5.41) is 0. The van der Waals surface area contributed by atoms with Crippen LogP contribution in [0.2, 0.25) is 0 Å². The summed E-state index contributed by atoms with van der Waals surface area (Å²) in [5.41, 5.74) is 2.39. The summed E-state index contributed by atoms with van der Waals surface area (Å²) in [6.45, 7) is 4.23. The first-order valence-corrected chi connectivity index (χ1v) is 7.21. The lowest BCUT2D eigenvalue weighted by molar-refractivity contribution is -0.118. The molecule has 3 heteroatoms. The van der Waals surface area contributed by atoms with Crippen LogP contribution in [0.1, 0.15) is 43.7 Å². The fraction of sp³-hybridized carbons (Fsp3) is 0.588. The maximum atomic E-state index is 11.5. The third-order valence-corrected chi connectivity index (χ3v) is 4.43. The monoisotopic (exact) mass is 276 g/mol. The number of ketones is 1. The molecule has 1 aromatic carbocycles. The van der Waals surface area contributed by atoms with E-state index in [1.807, 2.05) is 6.92 Å². The second kappa shape index (κ2) is 5.86. The van der Waals surface area contributed by atoms with Crippen molar-refractivity contribution >= 4 is 5.78 Å². The Kier molecular flexibility index (Phi) is 4.36. The molecule has 0 N–H and O–H groups in total. The summed E-state index contributed by atoms with van der Waals surface area (Å²) in [6, 6.07) is 4.18. The van der Waals surface area contributed by atoms with Gasteiger partial charge in [-0.1, -0.05) is 19.1 Å². The fourth-order valence-corrected chi connectivity index (χ4v) is 3.12. The van der Waals surface area contributed by atoms with Crippen molar-refractivity contribution in [2.75, 3.05) is 14.2 Å². The van der Waals surface area contributed by atoms with E-state index in [4.69, 9.17) is 9.47 Å². The molecule has 0 radical (unpaired) electrons. The molecule has 0 saturated heterocycles. The summed E-state index contributed by atoms with van der Waals surface area (Å²) in [4.78, 5) is 11.5. The van der Waals surface area contributed by atoms with Gasteiger partial charge in [0.25, 0.3) is 0 Å². The molecule has 1 unspecified atom stereocenters. The SMILES string of the molecule is COc1c(C)ccc(CCC2(C)CCC(=O)C2)c1OC. The van der Waals surface area contributed by atoms with Crippen molar-refractivity contribution in [3.63, 3.8) is 0 Å². The summed E-state index contributed by atoms with van der Waals surface area (Å²) >= 11 is 0. The molecule has 1 aromatic rings. The van der Waals surface area contributed by atoms with E-state index < -0.39 is 0 Å². The second-order valence-corrected chi connectivity index (χ2v) is 6.13. The molecule has 0 spiro atoms. The first-order chi connectivity index (χ1) is 9.49. The van der Waals surface area contributed by atoms with Crippen molar-refractivity contribution in [2.24, 2.45) is 5.41 Å². The minimum atomic E-state index is 0.153. The van der Waals surface area contributed by atoms with E-state index in [2.05, 4.69) is 19.1 Å². The van der Waals surface area contributed by atoms with Gasteiger partial charge in [-0.05, 0) is 42.7 Å². The highest BCUT2D eigenvalue weighted by Crippen LogP contribution is 2.41. The number of rotatable bonds is 5. The zero-order chi connectivity index (χ0) is 14.8. The molecule has 20 heavy (non-hydrogen) atoms. The Morgan fingerprint density at radius 3 is 2.45 bits per heavy atom. The lowest BCUT2D eigenvalue weighted by Crippen LogP contribution is -2.13. The predicted molar refractivity (Wildman–Crippen MR) is 79.6 cm³/mol. The molecule has 0 aliphatic heterocycles. The quantitative estimate of drug-likeness (QED) is 0.822. The van der Waals surface area contributed by atoms with Crippen LogP contribution in [-0.2, 0) is 11.2 Å². The lowest BCUT2D eigenvalue weighted by Gasteiger charge is -2.23. The van der Waals surface area contributed by atoms with Crippen LogP contribution < -0.4 is 9.47 Å². The number of methoxy groups -OCH3 is 2. The maximum Gasteiger partial charge on any atom is 0.164 e. The molecule has 2 rings (SSSR count). The Hall–Kier alpha value is -1.51. The molecule has 110 valence electrons. The highest BCUT2D eigenvalue weighted by molar-refractivity contribution is 5.81. The van der Waals surface area contributed by atoms with Crippen LogP contribution in [0.25, 0.3) is 0 Å². The summed E-state index contributed by atoms with van der Waals surface area (Å²) < 4.78 is 11.0. The molecular weight excluding hydrogens is 252 g/mol. The first-order valence-electron chi connectivity index (χ1n) is 7.21. The third kappa shape index (κ3) is 2.97. The minimum Gasteiger partial charge on any atom is -0.493 e. The molecule has 3 nitrogen and oxygen atoms in total. The highest BCUT2D eigenvalue weighted by atomic mass is 16.5. The van der Waals surface area contributed by atoms with Gasteiger partial charge in [0.05, 0.1) is 14.2 Å². The Balaban J connectivity index is 2.15. The molecule has 0 heterocycles. The van der Waals surface area contributed by atoms with E-state index in [1.54, 1.807) is 14.2 Å². The van der Waals surface area contributed by atoms with Crippen molar-refractivity contribution in [3.8, 4) is 11.5 Å². The van der Waals surface area contributed by atoms with Crippen molar-refractivity contribution in [3.05, 3.63) is 23.3 Å². The van der Waals surface area contributed by atoms with E-state index in [9.17, 15) is 4.79 Å². The standard InChI is InChI=1S/C17H24O3/c1-12-5-6-13(16(20-4)15(12)19-3)7-9-17(2)10-8-14(18)11-17/h5-6H,7-11H2,1-4H3. The number of carbonyl (C=O) groups excluding carboxylic acids is 1. The number of hydrogen-bond acceptors (Lipinski definition) is 3. The molecule has 1 fully saturated rings. The van der Waals surface area contributed by atoms with Crippen LogP contribution in [-0.4, -0.2) is 20.0 Å². The predicted octanol–water partition coefficient (Wildman–Crippen LogP) is 3.70. The van der Waals surface area contributed by atoms with Gasteiger partial charge in [0.1, 0.15) is 5.78 Å². The van der Waals surface area contributed by atoms with E-state index >= 15 is 0 Å². The van der Waals surface area contributed by atoms with Crippen molar-refractivity contribution in [1.29, 1.82) is 0 Å². The molecule has 1 saturated carbocycles. The van der Waals surface area contributed by atoms with Crippen LogP contribution in [0.4, 0.5) is 0 Å². The topological polar surface area (TPSA) is 35.5 Å². The van der Waals surface area contributed by atoms with Gasteiger partial charge in [-0.15, -0.1) is 0 Å². The number of ether oxygens (including phenoxy) is 2. The van der Waals surface area contributed by atoms with Gasteiger partial charge in [0.15, 0.2) is 11.5 Å².